The Bertz CT molecular complexity index is 296. The summed E-state index contributed by atoms with van der Waals surface area (Å²) in [5, 5.41) is 11.9. The zero-order valence-electron chi connectivity index (χ0n) is 9.50. The fourth-order valence-corrected chi connectivity index (χ4v) is 2.76. The molecule has 2 rings (SSSR count). The molecule has 0 aromatic heterocycles. The van der Waals surface area contributed by atoms with Crippen molar-refractivity contribution in [3.8, 4) is 6.07 Å². The van der Waals surface area contributed by atoms with Crippen molar-refractivity contribution >= 4 is 0 Å². The van der Waals surface area contributed by atoms with Gasteiger partial charge in [0, 0.05) is 25.7 Å². The Labute approximate surface area is 98.6 Å². The third kappa shape index (κ3) is 2.90. The van der Waals surface area contributed by atoms with E-state index in [2.05, 4.69) is 5.32 Å². The maximum absolute atomic E-state index is 12.5. The van der Waals surface area contributed by atoms with Gasteiger partial charge in [-0.1, -0.05) is 0 Å². The molecule has 1 N–H and O–H groups in total. The van der Waals surface area contributed by atoms with Gasteiger partial charge in [-0.15, -0.1) is 0 Å². The van der Waals surface area contributed by atoms with E-state index in [4.69, 9.17) is 5.26 Å². The molecule has 3 nitrogen and oxygen atoms in total. The Kier molecular flexibility index (Phi) is 3.59. The van der Waals surface area contributed by atoms with Gasteiger partial charge in [-0.05, 0) is 25.3 Å². The second-order valence-corrected chi connectivity index (χ2v) is 4.90. The van der Waals surface area contributed by atoms with Gasteiger partial charge in [0.2, 0.25) is 0 Å². The Hall–Kier alpha value is -0.800. The maximum atomic E-state index is 12.5. The monoisotopic (exact) mass is 247 g/mol. The first-order chi connectivity index (χ1) is 8.00. The number of nitrogens with zero attached hydrogens (tertiary/aromatic N) is 2. The van der Waals surface area contributed by atoms with E-state index in [0.717, 1.165) is 19.4 Å². The number of halogens is 3. The summed E-state index contributed by atoms with van der Waals surface area (Å²) in [7, 11) is 0. The Balaban J connectivity index is 1.90. The highest BCUT2D eigenvalue weighted by Crippen LogP contribution is 2.30. The molecule has 6 heteroatoms. The second-order valence-electron chi connectivity index (χ2n) is 4.90. The van der Waals surface area contributed by atoms with Crippen LogP contribution in [-0.2, 0) is 0 Å². The van der Waals surface area contributed by atoms with Gasteiger partial charge in [0.05, 0.1) is 6.07 Å². The minimum Gasteiger partial charge on any atom is -0.312 e. The van der Waals surface area contributed by atoms with Crippen molar-refractivity contribution < 1.29 is 13.2 Å². The molecule has 0 spiro atoms. The number of fused-ring (bicyclic) bond motifs is 1. The van der Waals surface area contributed by atoms with Gasteiger partial charge in [-0.2, -0.15) is 18.4 Å². The van der Waals surface area contributed by atoms with Crippen LogP contribution in [0.3, 0.4) is 0 Å². The van der Waals surface area contributed by atoms with Gasteiger partial charge in [0.15, 0.2) is 5.92 Å². The second kappa shape index (κ2) is 4.83. The number of hydrogen-bond donors (Lipinski definition) is 1. The van der Waals surface area contributed by atoms with Gasteiger partial charge in [-0.3, -0.25) is 4.90 Å². The normalized spacial score (nSPS) is 31.9. The summed E-state index contributed by atoms with van der Waals surface area (Å²) in [5.74, 6) is -1.40. The summed E-state index contributed by atoms with van der Waals surface area (Å²) in [6.45, 7) is 2.09. The number of nitriles is 1. The van der Waals surface area contributed by atoms with E-state index in [9.17, 15) is 13.2 Å². The van der Waals surface area contributed by atoms with Crippen molar-refractivity contribution in [3.05, 3.63) is 0 Å². The molecular weight excluding hydrogens is 231 g/mol. The van der Waals surface area contributed by atoms with E-state index in [1.165, 1.54) is 6.07 Å². The number of hydrogen-bond acceptors (Lipinski definition) is 3. The van der Waals surface area contributed by atoms with Crippen LogP contribution in [-0.4, -0.2) is 43.3 Å². The van der Waals surface area contributed by atoms with Crippen molar-refractivity contribution in [3.63, 3.8) is 0 Å². The van der Waals surface area contributed by atoms with Gasteiger partial charge < -0.3 is 5.32 Å². The molecule has 3 unspecified atom stereocenters. The fraction of sp³-hybridized carbons (Fsp3) is 0.909. The SMILES string of the molecule is N#CC(CN1CC2CCCNC2C1)C(F)(F)F. The minimum absolute atomic E-state index is 0.186. The van der Waals surface area contributed by atoms with Crippen LogP contribution in [0.4, 0.5) is 13.2 Å². The summed E-state index contributed by atoms with van der Waals surface area (Å²) < 4.78 is 37.4. The molecule has 0 aliphatic carbocycles. The molecular formula is C11H16F3N3. The fourth-order valence-electron chi connectivity index (χ4n) is 2.76. The van der Waals surface area contributed by atoms with Crippen molar-refractivity contribution in [2.24, 2.45) is 11.8 Å². The molecule has 0 aromatic carbocycles. The lowest BCUT2D eigenvalue weighted by Gasteiger charge is -2.24. The van der Waals surface area contributed by atoms with Crippen LogP contribution < -0.4 is 5.32 Å². The molecule has 0 radical (unpaired) electrons. The van der Waals surface area contributed by atoms with Crippen LogP contribution in [0, 0.1) is 23.2 Å². The molecule has 2 fully saturated rings. The van der Waals surface area contributed by atoms with Gasteiger partial charge in [0.25, 0.3) is 0 Å². The molecule has 0 saturated carbocycles. The first kappa shape index (κ1) is 12.7. The van der Waals surface area contributed by atoms with E-state index in [-0.39, 0.29) is 6.54 Å². The molecule has 17 heavy (non-hydrogen) atoms. The van der Waals surface area contributed by atoms with Crippen LogP contribution in [0.2, 0.25) is 0 Å². The van der Waals surface area contributed by atoms with Crippen LogP contribution in [0.5, 0.6) is 0 Å². The molecule has 0 bridgehead atoms. The minimum atomic E-state index is -4.41. The Morgan fingerprint density at radius 1 is 1.41 bits per heavy atom. The third-order valence-electron chi connectivity index (χ3n) is 3.67. The van der Waals surface area contributed by atoms with Crippen LogP contribution in [0.1, 0.15) is 12.8 Å². The van der Waals surface area contributed by atoms with Crippen LogP contribution in [0.15, 0.2) is 0 Å². The van der Waals surface area contributed by atoms with E-state index >= 15 is 0 Å². The molecule has 2 heterocycles. The zero-order chi connectivity index (χ0) is 12.5. The quantitative estimate of drug-likeness (QED) is 0.801. The smallest absolute Gasteiger partial charge is 0.312 e. The molecule has 2 saturated heterocycles. The lowest BCUT2D eigenvalue weighted by Crippen LogP contribution is -2.41. The average Bonchev–Trinajstić information content (AvgIpc) is 2.66. The Morgan fingerprint density at radius 2 is 2.18 bits per heavy atom. The molecule has 2 aliphatic heterocycles. The topological polar surface area (TPSA) is 39.1 Å². The Morgan fingerprint density at radius 3 is 2.76 bits per heavy atom. The van der Waals surface area contributed by atoms with Crippen LogP contribution >= 0.6 is 0 Å². The summed E-state index contributed by atoms with van der Waals surface area (Å²) >= 11 is 0. The molecule has 3 atom stereocenters. The molecule has 0 amide bonds. The first-order valence-corrected chi connectivity index (χ1v) is 5.93. The lowest BCUT2D eigenvalue weighted by molar-refractivity contribution is -0.162. The van der Waals surface area contributed by atoms with Crippen molar-refractivity contribution in [1.82, 2.24) is 10.2 Å². The molecule has 2 aliphatic rings. The highest BCUT2D eigenvalue weighted by atomic mass is 19.4. The summed E-state index contributed by atoms with van der Waals surface area (Å²) in [6, 6.07) is 1.68. The standard InChI is InChI=1S/C11H16F3N3/c12-11(13,14)9(4-15)6-17-5-8-2-1-3-16-10(8)7-17/h8-10,16H,1-3,5-7H2. The first-order valence-electron chi connectivity index (χ1n) is 5.93. The van der Waals surface area contributed by atoms with Crippen molar-refractivity contribution in [2.45, 2.75) is 25.1 Å². The number of piperidine rings is 1. The summed E-state index contributed by atoms with van der Waals surface area (Å²) in [5.41, 5.74) is 0. The van der Waals surface area contributed by atoms with E-state index in [1.807, 2.05) is 0 Å². The maximum Gasteiger partial charge on any atom is 0.405 e. The van der Waals surface area contributed by atoms with Gasteiger partial charge >= 0.3 is 6.18 Å². The van der Waals surface area contributed by atoms with Crippen molar-refractivity contribution in [1.29, 1.82) is 5.26 Å². The third-order valence-corrected chi connectivity index (χ3v) is 3.67. The van der Waals surface area contributed by atoms with Gasteiger partial charge in [-0.25, -0.2) is 0 Å². The summed E-state index contributed by atoms with van der Waals surface area (Å²) in [4.78, 5) is 1.77. The van der Waals surface area contributed by atoms with E-state index < -0.39 is 12.1 Å². The van der Waals surface area contributed by atoms with Crippen LogP contribution in [0.25, 0.3) is 0 Å². The lowest BCUT2D eigenvalue weighted by atomic mass is 9.94. The zero-order valence-corrected chi connectivity index (χ0v) is 9.50. The number of rotatable bonds is 2. The molecule has 96 valence electrons. The predicted molar refractivity (Wildman–Crippen MR) is 56.1 cm³/mol. The number of likely N-dealkylation sites (tertiary alicyclic amines) is 1. The number of alkyl halides is 3. The van der Waals surface area contributed by atoms with E-state index in [0.29, 0.717) is 25.0 Å². The highest BCUT2D eigenvalue weighted by Gasteiger charge is 2.43. The average molecular weight is 247 g/mol. The van der Waals surface area contributed by atoms with E-state index in [1.54, 1.807) is 4.90 Å². The predicted octanol–water partition coefficient (Wildman–Crippen LogP) is 1.37. The molecule has 0 aromatic rings. The largest absolute Gasteiger partial charge is 0.405 e. The number of nitrogens with one attached hydrogen (secondary N) is 1. The highest BCUT2D eigenvalue weighted by molar-refractivity contribution is 4.96. The van der Waals surface area contributed by atoms with Crippen molar-refractivity contribution in [2.75, 3.05) is 26.2 Å². The summed E-state index contributed by atoms with van der Waals surface area (Å²) in [6.07, 6.45) is -2.23. The van der Waals surface area contributed by atoms with Gasteiger partial charge in [0.1, 0.15) is 0 Å².